The van der Waals surface area contributed by atoms with Gasteiger partial charge in [-0.2, -0.15) is 5.26 Å². The Morgan fingerprint density at radius 3 is 2.75 bits per heavy atom. The fraction of sp³-hybridized carbons (Fsp3) is 0.222. The molecular weight excluding hydrogens is 333 g/mol. The molecule has 84 valence electrons. The summed E-state index contributed by atoms with van der Waals surface area (Å²) in [5.74, 6) is -0.910. The molecule has 0 aliphatic carbocycles. The molecule has 0 radical (unpaired) electrons. The van der Waals surface area contributed by atoms with Crippen LogP contribution in [0.2, 0.25) is 0 Å². The van der Waals surface area contributed by atoms with Crippen LogP contribution in [0.1, 0.15) is 28.0 Å². The molecule has 0 spiro atoms. The third kappa shape index (κ3) is 2.44. The molecule has 0 bridgehead atoms. The van der Waals surface area contributed by atoms with Crippen molar-refractivity contribution >= 4 is 28.6 Å². The number of rotatable bonds is 2. The van der Waals surface area contributed by atoms with Crippen LogP contribution in [-0.4, -0.2) is 18.1 Å². The quantitative estimate of drug-likeness (QED) is 0.472. The second kappa shape index (κ2) is 5.16. The van der Waals surface area contributed by atoms with Gasteiger partial charge >= 0.3 is 5.97 Å². The number of carbonyl (C=O) groups excluding carboxylic acids is 1. The van der Waals surface area contributed by atoms with Gasteiger partial charge in [0, 0.05) is 0 Å². The zero-order valence-electron chi connectivity index (χ0n) is 8.00. The fourth-order valence-electron chi connectivity index (χ4n) is 1.07. The molecule has 0 aliphatic heterocycles. The van der Waals surface area contributed by atoms with Crippen LogP contribution in [0.4, 0.5) is 8.78 Å². The van der Waals surface area contributed by atoms with Crippen LogP contribution in [0.3, 0.4) is 0 Å². The van der Waals surface area contributed by atoms with E-state index in [1.54, 1.807) is 28.7 Å². The molecule has 1 aromatic rings. The van der Waals surface area contributed by atoms with Crippen LogP contribution < -0.4 is 0 Å². The first kappa shape index (κ1) is 12.8. The maximum Gasteiger partial charge on any atom is 0.338 e. The predicted molar refractivity (Wildman–Crippen MR) is 58.0 cm³/mol. The monoisotopic (exact) mass is 338 g/mol. The van der Waals surface area contributed by atoms with Gasteiger partial charge in [0.25, 0.3) is 6.43 Å². The Labute approximate surface area is 103 Å². The molecule has 7 heteroatoms. The Hall–Kier alpha value is -1.30. The summed E-state index contributed by atoms with van der Waals surface area (Å²) in [6.07, 6.45) is -2.85. The lowest BCUT2D eigenvalue weighted by Gasteiger charge is -2.08. The van der Waals surface area contributed by atoms with Gasteiger partial charge in [0.2, 0.25) is 0 Å². The van der Waals surface area contributed by atoms with Crippen molar-refractivity contribution in [3.05, 3.63) is 26.6 Å². The van der Waals surface area contributed by atoms with E-state index in [-0.39, 0.29) is 15.0 Å². The average Bonchev–Trinajstić information content (AvgIpc) is 2.26. The number of pyridine rings is 1. The van der Waals surface area contributed by atoms with E-state index in [1.807, 2.05) is 0 Å². The summed E-state index contributed by atoms with van der Waals surface area (Å²) in [5.41, 5.74) is -0.936. The van der Waals surface area contributed by atoms with Gasteiger partial charge in [-0.15, -0.1) is 0 Å². The number of nitriles is 1. The van der Waals surface area contributed by atoms with E-state index in [1.165, 1.54) is 0 Å². The smallest absolute Gasteiger partial charge is 0.338 e. The average molecular weight is 338 g/mol. The van der Waals surface area contributed by atoms with E-state index >= 15 is 0 Å². The highest BCUT2D eigenvalue weighted by atomic mass is 127. The van der Waals surface area contributed by atoms with Crippen LogP contribution in [0.25, 0.3) is 0 Å². The molecule has 1 heterocycles. The standard InChI is InChI=1S/C9H5F2IN2O2/c1-16-9(15)5-2-4(3-13)14-8(12)6(5)7(10)11/h2,7H,1H3. The van der Waals surface area contributed by atoms with Crippen LogP contribution in [-0.2, 0) is 4.74 Å². The van der Waals surface area contributed by atoms with E-state index in [0.717, 1.165) is 13.2 Å². The van der Waals surface area contributed by atoms with Gasteiger partial charge in [0.05, 0.1) is 18.2 Å². The Morgan fingerprint density at radius 2 is 2.31 bits per heavy atom. The van der Waals surface area contributed by atoms with Crippen molar-refractivity contribution < 1.29 is 18.3 Å². The number of ether oxygens (including phenoxy) is 1. The molecule has 1 aromatic heterocycles. The topological polar surface area (TPSA) is 63.0 Å². The number of methoxy groups -OCH3 is 1. The van der Waals surface area contributed by atoms with Crippen molar-refractivity contribution in [2.24, 2.45) is 0 Å². The second-order valence-corrected chi connectivity index (χ2v) is 3.69. The molecule has 0 atom stereocenters. The highest BCUT2D eigenvalue weighted by Crippen LogP contribution is 2.28. The highest BCUT2D eigenvalue weighted by Gasteiger charge is 2.24. The molecule has 0 saturated heterocycles. The molecule has 0 fully saturated rings. The van der Waals surface area contributed by atoms with Crippen molar-refractivity contribution in [2.75, 3.05) is 7.11 Å². The number of esters is 1. The predicted octanol–water partition coefficient (Wildman–Crippen LogP) is 2.28. The number of carbonyl (C=O) groups is 1. The van der Waals surface area contributed by atoms with Gasteiger partial charge in [-0.25, -0.2) is 18.6 Å². The number of alkyl halides is 2. The number of hydrogen-bond donors (Lipinski definition) is 0. The summed E-state index contributed by atoms with van der Waals surface area (Å²) < 4.78 is 29.7. The second-order valence-electron chi connectivity index (χ2n) is 2.66. The number of nitrogens with zero attached hydrogens (tertiary/aromatic N) is 2. The molecule has 4 nitrogen and oxygen atoms in total. The first-order valence-corrected chi connectivity index (χ1v) is 5.06. The van der Waals surface area contributed by atoms with Gasteiger partial charge < -0.3 is 4.74 Å². The Kier molecular flexibility index (Phi) is 4.12. The largest absolute Gasteiger partial charge is 0.465 e. The summed E-state index contributed by atoms with van der Waals surface area (Å²) in [4.78, 5) is 14.9. The lowest BCUT2D eigenvalue weighted by atomic mass is 10.1. The normalized spacial score (nSPS) is 10.0. The van der Waals surface area contributed by atoms with Crippen LogP contribution >= 0.6 is 22.6 Å². The van der Waals surface area contributed by atoms with Gasteiger partial charge in [-0.05, 0) is 28.7 Å². The minimum Gasteiger partial charge on any atom is -0.465 e. The highest BCUT2D eigenvalue weighted by molar-refractivity contribution is 14.1. The third-order valence-corrected chi connectivity index (χ3v) is 2.57. The van der Waals surface area contributed by atoms with Crippen molar-refractivity contribution in [3.8, 4) is 6.07 Å². The Balaban J connectivity index is 3.48. The van der Waals surface area contributed by atoms with Gasteiger partial charge in [-0.3, -0.25) is 0 Å². The molecule has 16 heavy (non-hydrogen) atoms. The number of halogens is 3. The minimum atomic E-state index is -2.85. The molecule has 0 saturated carbocycles. The fourth-order valence-corrected chi connectivity index (χ4v) is 1.85. The van der Waals surface area contributed by atoms with Gasteiger partial charge in [0.1, 0.15) is 15.5 Å². The summed E-state index contributed by atoms with van der Waals surface area (Å²) in [6, 6.07) is 2.68. The summed E-state index contributed by atoms with van der Waals surface area (Å²) in [7, 11) is 1.08. The van der Waals surface area contributed by atoms with Crippen molar-refractivity contribution in [1.29, 1.82) is 5.26 Å². The molecule has 0 unspecified atom stereocenters. The molecule has 0 N–H and O–H groups in total. The molecule has 0 aromatic carbocycles. The number of aromatic nitrogens is 1. The van der Waals surface area contributed by atoms with E-state index in [9.17, 15) is 13.6 Å². The zero-order valence-corrected chi connectivity index (χ0v) is 10.2. The molecule has 0 aliphatic rings. The van der Waals surface area contributed by atoms with E-state index < -0.39 is 18.0 Å². The summed E-state index contributed by atoms with van der Waals surface area (Å²) in [6.45, 7) is 0. The Morgan fingerprint density at radius 1 is 1.69 bits per heavy atom. The molecular formula is C9H5F2IN2O2. The maximum atomic E-state index is 12.7. The molecule has 0 amide bonds. The van der Waals surface area contributed by atoms with Gasteiger partial charge in [0.15, 0.2) is 0 Å². The van der Waals surface area contributed by atoms with Crippen molar-refractivity contribution in [2.45, 2.75) is 6.43 Å². The van der Waals surface area contributed by atoms with E-state index in [0.29, 0.717) is 0 Å². The Bertz CT molecular complexity index is 471. The first-order chi connectivity index (χ1) is 7.51. The minimum absolute atomic E-state index is 0.0768. The van der Waals surface area contributed by atoms with Crippen molar-refractivity contribution in [1.82, 2.24) is 4.98 Å². The van der Waals surface area contributed by atoms with Crippen LogP contribution in [0.15, 0.2) is 6.07 Å². The van der Waals surface area contributed by atoms with E-state index in [2.05, 4.69) is 9.72 Å². The SMILES string of the molecule is COC(=O)c1cc(C#N)nc(I)c1C(F)F. The van der Waals surface area contributed by atoms with Crippen molar-refractivity contribution in [3.63, 3.8) is 0 Å². The third-order valence-electron chi connectivity index (χ3n) is 1.75. The summed E-state index contributed by atoms with van der Waals surface area (Å²) in [5, 5.41) is 8.62. The first-order valence-electron chi connectivity index (χ1n) is 3.98. The van der Waals surface area contributed by atoms with Crippen LogP contribution in [0, 0.1) is 15.0 Å². The molecule has 1 rings (SSSR count). The number of hydrogen-bond acceptors (Lipinski definition) is 4. The van der Waals surface area contributed by atoms with Gasteiger partial charge in [-0.1, -0.05) is 0 Å². The lowest BCUT2D eigenvalue weighted by molar-refractivity contribution is 0.0588. The van der Waals surface area contributed by atoms with Crippen LogP contribution in [0.5, 0.6) is 0 Å². The zero-order chi connectivity index (χ0) is 12.3. The van der Waals surface area contributed by atoms with E-state index in [4.69, 9.17) is 5.26 Å². The summed E-state index contributed by atoms with van der Waals surface area (Å²) >= 11 is 1.55. The maximum absolute atomic E-state index is 12.7. The lowest BCUT2D eigenvalue weighted by Crippen LogP contribution is -2.10.